The van der Waals surface area contributed by atoms with E-state index in [9.17, 15) is 14.9 Å². The van der Waals surface area contributed by atoms with Crippen molar-refractivity contribution in [2.45, 2.75) is 12.6 Å². The molecule has 1 unspecified atom stereocenters. The molecule has 30 heavy (non-hydrogen) atoms. The standard InChI is InChI=1S/C21H20N4O5/c1-28-17-8-13(9-18(29-2)21(17)30-3)15(10-22)24-19(26)12-25-16-7-5-4-6-14(16)23-11-20(25)27/h4-9,11,15H,12H2,1-3H3,(H,24,26). The molecule has 0 aliphatic rings. The number of carbonyl (C=O) groups is 1. The molecule has 1 aromatic heterocycles. The van der Waals surface area contributed by atoms with Gasteiger partial charge in [0.25, 0.3) is 5.56 Å². The van der Waals surface area contributed by atoms with Crippen molar-refractivity contribution in [2.24, 2.45) is 0 Å². The van der Waals surface area contributed by atoms with Crippen molar-refractivity contribution >= 4 is 16.9 Å². The molecule has 0 radical (unpaired) electrons. The minimum atomic E-state index is -0.991. The van der Waals surface area contributed by atoms with Crippen LogP contribution in [0.5, 0.6) is 17.2 Å². The van der Waals surface area contributed by atoms with E-state index in [0.29, 0.717) is 33.8 Å². The molecule has 0 fully saturated rings. The van der Waals surface area contributed by atoms with Crippen molar-refractivity contribution in [3.05, 3.63) is 58.5 Å². The number of amides is 1. The summed E-state index contributed by atoms with van der Waals surface area (Å²) < 4.78 is 17.2. The van der Waals surface area contributed by atoms with Gasteiger partial charge in [0.1, 0.15) is 12.6 Å². The van der Waals surface area contributed by atoms with Crippen LogP contribution in [0.2, 0.25) is 0 Å². The number of nitrogens with one attached hydrogen (secondary N) is 1. The van der Waals surface area contributed by atoms with Crippen molar-refractivity contribution in [2.75, 3.05) is 21.3 Å². The number of nitrogens with zero attached hydrogens (tertiary/aromatic N) is 3. The second kappa shape index (κ2) is 8.96. The number of methoxy groups -OCH3 is 3. The van der Waals surface area contributed by atoms with E-state index in [1.54, 1.807) is 36.4 Å². The van der Waals surface area contributed by atoms with Crippen LogP contribution in [0.3, 0.4) is 0 Å². The van der Waals surface area contributed by atoms with Gasteiger partial charge in [-0.25, -0.2) is 4.98 Å². The summed E-state index contributed by atoms with van der Waals surface area (Å²) in [6.07, 6.45) is 1.16. The Hall–Kier alpha value is -4.06. The van der Waals surface area contributed by atoms with Crippen LogP contribution < -0.4 is 25.1 Å². The zero-order valence-corrected chi connectivity index (χ0v) is 16.7. The Labute approximate surface area is 172 Å². The average Bonchev–Trinajstić information content (AvgIpc) is 2.78. The van der Waals surface area contributed by atoms with E-state index in [4.69, 9.17) is 14.2 Å². The Morgan fingerprint density at radius 3 is 2.43 bits per heavy atom. The third kappa shape index (κ3) is 4.03. The Morgan fingerprint density at radius 1 is 1.17 bits per heavy atom. The second-order valence-electron chi connectivity index (χ2n) is 6.26. The van der Waals surface area contributed by atoms with Crippen LogP contribution in [-0.2, 0) is 11.3 Å². The molecule has 9 heteroatoms. The molecule has 9 nitrogen and oxygen atoms in total. The number of carbonyl (C=O) groups excluding carboxylic acids is 1. The fourth-order valence-corrected chi connectivity index (χ4v) is 3.09. The predicted octanol–water partition coefficient (Wildman–Crippen LogP) is 1.80. The molecule has 0 aliphatic carbocycles. The van der Waals surface area contributed by atoms with E-state index in [1.807, 2.05) is 6.07 Å². The number of rotatable bonds is 7. The smallest absolute Gasteiger partial charge is 0.269 e. The monoisotopic (exact) mass is 408 g/mol. The summed E-state index contributed by atoms with van der Waals surface area (Å²) in [6.45, 7) is -0.259. The molecular weight excluding hydrogens is 388 g/mol. The van der Waals surface area contributed by atoms with Crippen molar-refractivity contribution in [3.8, 4) is 23.3 Å². The molecule has 0 bridgehead atoms. The number of aromatic nitrogens is 2. The molecule has 3 rings (SSSR count). The van der Waals surface area contributed by atoms with Crippen molar-refractivity contribution in [1.29, 1.82) is 5.26 Å². The first-order valence-corrected chi connectivity index (χ1v) is 8.95. The van der Waals surface area contributed by atoms with Gasteiger partial charge in [0.05, 0.1) is 44.6 Å². The van der Waals surface area contributed by atoms with Gasteiger partial charge in [0.2, 0.25) is 11.7 Å². The summed E-state index contributed by atoms with van der Waals surface area (Å²) in [5, 5.41) is 12.2. The van der Waals surface area contributed by atoms with Gasteiger partial charge in [-0.05, 0) is 29.8 Å². The minimum absolute atomic E-state index is 0.259. The molecule has 0 aliphatic heterocycles. The number of para-hydroxylation sites is 2. The Balaban J connectivity index is 1.89. The lowest BCUT2D eigenvalue weighted by molar-refractivity contribution is -0.122. The quantitative estimate of drug-likeness (QED) is 0.634. The highest BCUT2D eigenvalue weighted by molar-refractivity contribution is 5.80. The fourth-order valence-electron chi connectivity index (χ4n) is 3.09. The molecular formula is C21H20N4O5. The zero-order valence-electron chi connectivity index (χ0n) is 16.7. The fraction of sp³-hybridized carbons (Fsp3) is 0.238. The summed E-state index contributed by atoms with van der Waals surface area (Å²) in [4.78, 5) is 29.0. The molecule has 3 aromatic rings. The van der Waals surface area contributed by atoms with Crippen molar-refractivity contribution in [3.63, 3.8) is 0 Å². The zero-order chi connectivity index (χ0) is 21.7. The Kier molecular flexibility index (Phi) is 6.17. The lowest BCUT2D eigenvalue weighted by Gasteiger charge is -2.18. The summed E-state index contributed by atoms with van der Waals surface area (Å²) in [6, 6.07) is 11.2. The molecule has 1 amide bonds. The maximum Gasteiger partial charge on any atom is 0.269 e. The number of hydrogen-bond donors (Lipinski definition) is 1. The van der Waals surface area contributed by atoms with Gasteiger partial charge in [0.15, 0.2) is 11.5 Å². The first-order valence-electron chi connectivity index (χ1n) is 8.95. The normalized spacial score (nSPS) is 11.4. The third-order valence-corrected chi connectivity index (χ3v) is 4.51. The SMILES string of the molecule is COc1cc(C(C#N)NC(=O)Cn2c(=O)cnc3ccccc32)cc(OC)c1OC. The van der Waals surface area contributed by atoms with E-state index < -0.39 is 17.5 Å². The van der Waals surface area contributed by atoms with E-state index in [0.717, 1.165) is 6.20 Å². The summed E-state index contributed by atoms with van der Waals surface area (Å²) >= 11 is 0. The number of fused-ring (bicyclic) bond motifs is 1. The molecule has 0 saturated heterocycles. The predicted molar refractivity (Wildman–Crippen MR) is 109 cm³/mol. The Bertz CT molecular complexity index is 1160. The third-order valence-electron chi connectivity index (χ3n) is 4.51. The molecule has 1 heterocycles. The van der Waals surface area contributed by atoms with Crippen LogP contribution in [0.25, 0.3) is 11.0 Å². The topological polar surface area (TPSA) is 115 Å². The number of nitriles is 1. The van der Waals surface area contributed by atoms with Crippen molar-refractivity contribution in [1.82, 2.24) is 14.9 Å². The van der Waals surface area contributed by atoms with Crippen LogP contribution in [0.4, 0.5) is 0 Å². The van der Waals surface area contributed by atoms with Crippen LogP contribution in [0, 0.1) is 11.3 Å². The number of benzene rings is 2. The average molecular weight is 408 g/mol. The van der Waals surface area contributed by atoms with Crippen molar-refractivity contribution < 1.29 is 19.0 Å². The van der Waals surface area contributed by atoms with E-state index in [1.165, 1.54) is 25.9 Å². The molecule has 2 aromatic carbocycles. The van der Waals surface area contributed by atoms with Gasteiger partial charge in [-0.2, -0.15) is 5.26 Å². The highest BCUT2D eigenvalue weighted by Gasteiger charge is 2.21. The summed E-state index contributed by atoms with van der Waals surface area (Å²) in [7, 11) is 4.39. The maximum absolute atomic E-state index is 12.7. The van der Waals surface area contributed by atoms with Crippen LogP contribution in [-0.4, -0.2) is 36.8 Å². The molecule has 1 N–H and O–H groups in total. The summed E-state index contributed by atoms with van der Waals surface area (Å²) in [5.41, 5.74) is 1.16. The highest BCUT2D eigenvalue weighted by Crippen LogP contribution is 2.39. The lowest BCUT2D eigenvalue weighted by atomic mass is 10.1. The second-order valence-corrected chi connectivity index (χ2v) is 6.26. The Morgan fingerprint density at radius 2 is 1.83 bits per heavy atom. The molecule has 154 valence electrons. The molecule has 0 spiro atoms. The molecule has 0 saturated carbocycles. The van der Waals surface area contributed by atoms with Gasteiger partial charge < -0.3 is 19.5 Å². The van der Waals surface area contributed by atoms with E-state index in [-0.39, 0.29) is 6.54 Å². The van der Waals surface area contributed by atoms with Gasteiger partial charge in [-0.15, -0.1) is 0 Å². The summed E-state index contributed by atoms with van der Waals surface area (Å²) in [5.74, 6) is 0.589. The van der Waals surface area contributed by atoms with E-state index in [2.05, 4.69) is 10.3 Å². The van der Waals surface area contributed by atoms with Gasteiger partial charge >= 0.3 is 0 Å². The van der Waals surface area contributed by atoms with Gasteiger partial charge in [-0.1, -0.05) is 12.1 Å². The minimum Gasteiger partial charge on any atom is -0.493 e. The van der Waals surface area contributed by atoms with Crippen LogP contribution in [0.1, 0.15) is 11.6 Å². The first-order chi connectivity index (χ1) is 14.5. The first kappa shape index (κ1) is 20.7. The molecule has 1 atom stereocenters. The van der Waals surface area contributed by atoms with Crippen LogP contribution >= 0.6 is 0 Å². The number of ether oxygens (including phenoxy) is 3. The van der Waals surface area contributed by atoms with E-state index >= 15 is 0 Å². The number of hydrogen-bond acceptors (Lipinski definition) is 7. The highest BCUT2D eigenvalue weighted by atomic mass is 16.5. The maximum atomic E-state index is 12.7. The van der Waals surface area contributed by atoms with Crippen LogP contribution in [0.15, 0.2) is 47.4 Å². The largest absolute Gasteiger partial charge is 0.493 e. The van der Waals surface area contributed by atoms with Gasteiger partial charge in [-0.3, -0.25) is 14.2 Å². The van der Waals surface area contributed by atoms with Gasteiger partial charge in [0, 0.05) is 0 Å². The lowest BCUT2D eigenvalue weighted by Crippen LogP contribution is -2.34.